The van der Waals surface area contributed by atoms with Crippen molar-refractivity contribution in [2.45, 2.75) is 89.4 Å². The predicted octanol–water partition coefficient (Wildman–Crippen LogP) is 3.54. The van der Waals surface area contributed by atoms with E-state index in [0.717, 1.165) is 19.3 Å². The summed E-state index contributed by atoms with van der Waals surface area (Å²) in [5.41, 5.74) is 0. The first-order chi connectivity index (χ1) is 8.89. The Morgan fingerprint density at radius 1 is 0.895 bits per heavy atom. The van der Waals surface area contributed by atoms with Gasteiger partial charge in [0.2, 0.25) is 0 Å². The van der Waals surface area contributed by atoms with Gasteiger partial charge >= 0.3 is 0 Å². The average molecular weight is 294 g/mol. The van der Waals surface area contributed by atoms with Crippen molar-refractivity contribution < 1.29 is 18.1 Å². The molecule has 0 rings (SSSR count). The summed E-state index contributed by atoms with van der Waals surface area (Å²) in [6, 6.07) is 0. The fourth-order valence-corrected chi connectivity index (χ4v) is 3.26. The van der Waals surface area contributed by atoms with Crippen molar-refractivity contribution >= 4 is 10.1 Å². The molecule has 19 heavy (non-hydrogen) atoms. The van der Waals surface area contributed by atoms with Gasteiger partial charge in [-0.2, -0.15) is 8.42 Å². The quantitative estimate of drug-likeness (QED) is 0.426. The van der Waals surface area contributed by atoms with Crippen molar-refractivity contribution in [3.8, 4) is 0 Å². The van der Waals surface area contributed by atoms with Gasteiger partial charge in [-0.3, -0.25) is 4.55 Å². The third-order valence-electron chi connectivity index (χ3n) is 3.51. The van der Waals surface area contributed by atoms with E-state index < -0.39 is 21.5 Å². The van der Waals surface area contributed by atoms with Crippen LogP contribution >= 0.6 is 0 Å². The molecule has 0 saturated carbocycles. The molecule has 0 aromatic rings. The molecule has 0 aromatic carbocycles. The van der Waals surface area contributed by atoms with Crippen molar-refractivity contribution in [3.63, 3.8) is 0 Å². The molecular weight excluding hydrogens is 264 g/mol. The van der Waals surface area contributed by atoms with Crippen LogP contribution < -0.4 is 0 Å². The van der Waals surface area contributed by atoms with Gasteiger partial charge in [0, 0.05) is 0 Å². The second-order valence-corrected chi connectivity index (χ2v) is 7.05. The fraction of sp³-hybridized carbons (Fsp3) is 1.00. The lowest BCUT2D eigenvalue weighted by molar-refractivity contribution is 0.178. The fourth-order valence-electron chi connectivity index (χ4n) is 2.30. The van der Waals surface area contributed by atoms with E-state index in [4.69, 9.17) is 4.55 Å². The molecule has 116 valence electrons. The first-order valence-corrected chi connectivity index (χ1v) is 9.04. The van der Waals surface area contributed by atoms with Crippen LogP contribution in [0.4, 0.5) is 0 Å². The summed E-state index contributed by atoms with van der Waals surface area (Å²) in [5.74, 6) is 0. The number of aliphatic hydroxyl groups is 1. The molecule has 0 aliphatic carbocycles. The van der Waals surface area contributed by atoms with Gasteiger partial charge in [-0.15, -0.1) is 0 Å². The van der Waals surface area contributed by atoms with Crippen molar-refractivity contribution in [1.29, 1.82) is 0 Å². The highest BCUT2D eigenvalue weighted by Crippen LogP contribution is 2.16. The summed E-state index contributed by atoms with van der Waals surface area (Å²) >= 11 is 0. The van der Waals surface area contributed by atoms with Gasteiger partial charge in [0.25, 0.3) is 10.1 Å². The van der Waals surface area contributed by atoms with E-state index in [1.165, 1.54) is 45.4 Å². The summed E-state index contributed by atoms with van der Waals surface area (Å²) in [5, 5.41) is 8.30. The predicted molar refractivity (Wildman–Crippen MR) is 78.9 cm³/mol. The molecule has 4 nitrogen and oxygen atoms in total. The zero-order valence-electron chi connectivity index (χ0n) is 12.3. The molecule has 0 amide bonds. The standard InChI is InChI=1S/C14H30O4S/c1-3-4-5-6-7-8-9-10-11-12-14(13(2)15)19(16,17)18/h13-15H,3-12H2,1-2H3,(H,16,17,18). The lowest BCUT2D eigenvalue weighted by atomic mass is 10.0. The van der Waals surface area contributed by atoms with Gasteiger partial charge in [0.05, 0.1) is 6.10 Å². The van der Waals surface area contributed by atoms with Gasteiger partial charge < -0.3 is 5.11 Å². The molecular formula is C14H30O4S. The molecule has 0 aliphatic heterocycles. The van der Waals surface area contributed by atoms with Crippen LogP contribution in [0.2, 0.25) is 0 Å². The maximum absolute atomic E-state index is 11.0. The Labute approximate surface area is 118 Å². The number of rotatable bonds is 12. The lowest BCUT2D eigenvalue weighted by Crippen LogP contribution is -2.31. The second-order valence-electron chi connectivity index (χ2n) is 5.41. The normalized spacial score (nSPS) is 15.4. The van der Waals surface area contributed by atoms with Crippen LogP contribution in [0.15, 0.2) is 0 Å². The van der Waals surface area contributed by atoms with E-state index in [0.29, 0.717) is 6.42 Å². The highest BCUT2D eigenvalue weighted by molar-refractivity contribution is 7.86. The Bertz CT molecular complexity index is 299. The molecule has 0 aliphatic rings. The minimum atomic E-state index is -4.12. The Morgan fingerprint density at radius 3 is 1.68 bits per heavy atom. The molecule has 0 heterocycles. The second kappa shape index (κ2) is 10.6. The summed E-state index contributed by atoms with van der Waals surface area (Å²) in [6.45, 7) is 3.61. The molecule has 0 fully saturated rings. The average Bonchev–Trinajstić information content (AvgIpc) is 2.29. The Balaban J connectivity index is 3.57. The van der Waals surface area contributed by atoms with Crippen LogP contribution in [-0.4, -0.2) is 29.4 Å². The van der Waals surface area contributed by atoms with Crippen molar-refractivity contribution in [1.82, 2.24) is 0 Å². The van der Waals surface area contributed by atoms with Crippen LogP contribution in [0.5, 0.6) is 0 Å². The number of hydrogen-bond donors (Lipinski definition) is 2. The van der Waals surface area contributed by atoms with Crippen molar-refractivity contribution in [3.05, 3.63) is 0 Å². The molecule has 5 heteroatoms. The Hall–Kier alpha value is -0.130. The molecule has 0 spiro atoms. The lowest BCUT2D eigenvalue weighted by Gasteiger charge is -2.16. The highest BCUT2D eigenvalue weighted by atomic mass is 32.2. The topological polar surface area (TPSA) is 74.6 Å². The smallest absolute Gasteiger partial charge is 0.270 e. The van der Waals surface area contributed by atoms with Gasteiger partial charge in [-0.05, 0) is 13.3 Å². The third-order valence-corrected chi connectivity index (χ3v) is 4.91. The monoisotopic (exact) mass is 294 g/mol. The Kier molecular flexibility index (Phi) is 10.6. The van der Waals surface area contributed by atoms with E-state index in [1.54, 1.807) is 0 Å². The minimum absolute atomic E-state index is 0.340. The molecule has 0 radical (unpaired) electrons. The van der Waals surface area contributed by atoms with Gasteiger partial charge in [0.15, 0.2) is 0 Å². The van der Waals surface area contributed by atoms with E-state index in [-0.39, 0.29) is 0 Å². The molecule has 0 saturated heterocycles. The van der Waals surface area contributed by atoms with E-state index in [2.05, 4.69) is 6.92 Å². The van der Waals surface area contributed by atoms with E-state index >= 15 is 0 Å². The van der Waals surface area contributed by atoms with Crippen molar-refractivity contribution in [2.75, 3.05) is 0 Å². The molecule has 2 N–H and O–H groups in total. The first-order valence-electron chi connectivity index (χ1n) is 7.54. The summed E-state index contributed by atoms with van der Waals surface area (Å²) < 4.78 is 31.1. The summed E-state index contributed by atoms with van der Waals surface area (Å²) in [6.07, 6.45) is 9.74. The third kappa shape index (κ3) is 10.3. The summed E-state index contributed by atoms with van der Waals surface area (Å²) in [7, 11) is -4.12. The largest absolute Gasteiger partial charge is 0.392 e. The van der Waals surface area contributed by atoms with Crippen LogP contribution in [0.25, 0.3) is 0 Å². The first kappa shape index (κ1) is 18.9. The Morgan fingerprint density at radius 2 is 1.32 bits per heavy atom. The maximum atomic E-state index is 11.0. The number of unbranched alkanes of at least 4 members (excludes halogenated alkanes) is 8. The zero-order valence-corrected chi connectivity index (χ0v) is 13.2. The van der Waals surface area contributed by atoms with Crippen LogP contribution in [0.1, 0.15) is 78.1 Å². The van der Waals surface area contributed by atoms with Gasteiger partial charge in [0.1, 0.15) is 5.25 Å². The molecule has 2 unspecified atom stereocenters. The maximum Gasteiger partial charge on any atom is 0.270 e. The van der Waals surface area contributed by atoms with Crippen LogP contribution in [-0.2, 0) is 10.1 Å². The van der Waals surface area contributed by atoms with Crippen LogP contribution in [0, 0.1) is 0 Å². The molecule has 0 aromatic heterocycles. The zero-order chi connectivity index (χ0) is 14.7. The summed E-state index contributed by atoms with van der Waals surface area (Å²) in [4.78, 5) is 0. The van der Waals surface area contributed by atoms with Crippen LogP contribution in [0.3, 0.4) is 0 Å². The molecule has 0 bridgehead atoms. The SMILES string of the molecule is CCCCCCCCCCCC(C(C)O)S(=O)(=O)O. The number of hydrogen-bond acceptors (Lipinski definition) is 3. The van der Waals surface area contributed by atoms with E-state index in [9.17, 15) is 13.5 Å². The van der Waals surface area contributed by atoms with E-state index in [1.807, 2.05) is 0 Å². The number of aliphatic hydroxyl groups excluding tert-OH is 1. The minimum Gasteiger partial charge on any atom is -0.392 e. The highest BCUT2D eigenvalue weighted by Gasteiger charge is 2.27. The van der Waals surface area contributed by atoms with Crippen molar-refractivity contribution in [2.24, 2.45) is 0 Å². The molecule has 2 atom stereocenters. The van der Waals surface area contributed by atoms with Gasteiger partial charge in [-0.1, -0.05) is 64.7 Å². The van der Waals surface area contributed by atoms with Gasteiger partial charge in [-0.25, -0.2) is 0 Å².